The van der Waals surface area contributed by atoms with Crippen molar-refractivity contribution in [3.8, 4) is 0 Å². The maximum absolute atomic E-state index is 10.6. The molecule has 0 aliphatic rings. The van der Waals surface area contributed by atoms with Crippen molar-refractivity contribution >= 4 is 20.2 Å². The molecule has 1 atom stereocenters. The lowest BCUT2D eigenvalue weighted by atomic mass is 10.7. The highest BCUT2D eigenvalue weighted by Crippen LogP contribution is 1.92. The van der Waals surface area contributed by atoms with Crippen LogP contribution in [0.2, 0.25) is 0 Å². The van der Waals surface area contributed by atoms with Gasteiger partial charge in [-0.2, -0.15) is 4.21 Å². The van der Waals surface area contributed by atoms with Crippen LogP contribution in [0.5, 0.6) is 0 Å². The lowest BCUT2D eigenvalue weighted by Gasteiger charge is -2.00. The third-order valence-electron chi connectivity index (χ3n) is 0.534. The first kappa shape index (κ1) is 9.03. The van der Waals surface area contributed by atoms with E-state index >= 15 is 0 Å². The minimum Gasteiger partial charge on any atom is -0.273 e. The Hall–Kier alpha value is 0.0300. The second kappa shape index (κ2) is 3.94. The van der Waals surface area contributed by atoms with E-state index in [4.69, 9.17) is 0 Å². The topological polar surface area (TPSA) is 35.5 Å². The molecule has 0 saturated carbocycles. The SMILES string of the molecule is C=CCOS(=O)(=S)OC. The second-order valence-electron chi connectivity index (χ2n) is 1.15. The number of rotatable bonds is 4. The summed E-state index contributed by atoms with van der Waals surface area (Å²) in [5, 5.41) is 0. The molecule has 0 amide bonds. The standard InChI is InChI=1S/C4H8O3S2/c1-3-4-7-9(5,8)6-2/h3H,1,4H2,2H3. The zero-order valence-corrected chi connectivity index (χ0v) is 6.67. The van der Waals surface area contributed by atoms with E-state index in [1.807, 2.05) is 0 Å². The minimum absolute atomic E-state index is 0.149. The van der Waals surface area contributed by atoms with Crippen molar-refractivity contribution in [3.63, 3.8) is 0 Å². The van der Waals surface area contributed by atoms with Crippen LogP contribution in [-0.2, 0) is 28.6 Å². The highest BCUT2D eigenvalue weighted by molar-refractivity contribution is 8.27. The number of hydrogen-bond donors (Lipinski definition) is 0. The predicted octanol–water partition coefficient (Wildman–Crippen LogP) is 0.412. The van der Waals surface area contributed by atoms with Gasteiger partial charge in [0, 0.05) is 11.2 Å². The van der Waals surface area contributed by atoms with Gasteiger partial charge in [0.25, 0.3) is 9.05 Å². The summed E-state index contributed by atoms with van der Waals surface area (Å²) in [6.45, 7) is 3.49. The molecule has 54 valence electrons. The van der Waals surface area contributed by atoms with Crippen molar-refractivity contribution in [2.75, 3.05) is 13.7 Å². The average Bonchev–Trinajstić information content (AvgIpc) is 1.84. The molecule has 1 unspecified atom stereocenters. The zero-order valence-electron chi connectivity index (χ0n) is 5.03. The van der Waals surface area contributed by atoms with Gasteiger partial charge in [-0.3, -0.25) is 8.37 Å². The van der Waals surface area contributed by atoms with Crippen LogP contribution in [0.1, 0.15) is 0 Å². The third-order valence-corrected chi connectivity index (χ3v) is 2.06. The highest BCUT2D eigenvalue weighted by Gasteiger charge is 1.99. The molecule has 0 aliphatic carbocycles. The summed E-state index contributed by atoms with van der Waals surface area (Å²) in [6, 6.07) is 0. The molecular weight excluding hydrogens is 160 g/mol. The molecule has 5 heteroatoms. The second-order valence-corrected chi connectivity index (χ2v) is 3.76. The first-order valence-electron chi connectivity index (χ1n) is 2.18. The summed E-state index contributed by atoms with van der Waals surface area (Å²) >= 11 is 4.35. The maximum Gasteiger partial charge on any atom is 0.269 e. The molecule has 9 heavy (non-hydrogen) atoms. The molecule has 0 aromatic heterocycles. The molecule has 0 spiro atoms. The summed E-state index contributed by atoms with van der Waals surface area (Å²) in [6.07, 6.45) is 1.45. The fraction of sp³-hybridized carbons (Fsp3) is 0.500. The molecule has 0 aromatic rings. The average molecular weight is 168 g/mol. The molecular formula is C4H8O3S2. The lowest BCUT2D eigenvalue weighted by molar-refractivity contribution is 0.306. The Labute approximate surface area is 59.7 Å². The van der Waals surface area contributed by atoms with Gasteiger partial charge in [-0.1, -0.05) is 6.08 Å². The Balaban J connectivity index is 3.74. The summed E-state index contributed by atoms with van der Waals surface area (Å²) in [4.78, 5) is 0. The maximum atomic E-state index is 10.6. The first-order chi connectivity index (χ1) is 4.12. The van der Waals surface area contributed by atoms with Gasteiger partial charge in [-0.05, 0) is 0 Å². The van der Waals surface area contributed by atoms with Crippen molar-refractivity contribution in [3.05, 3.63) is 12.7 Å². The van der Waals surface area contributed by atoms with E-state index in [0.29, 0.717) is 0 Å². The molecule has 3 nitrogen and oxygen atoms in total. The van der Waals surface area contributed by atoms with Crippen LogP contribution in [0.3, 0.4) is 0 Å². The highest BCUT2D eigenvalue weighted by atomic mass is 32.9. The smallest absolute Gasteiger partial charge is 0.269 e. The van der Waals surface area contributed by atoms with Gasteiger partial charge in [0.15, 0.2) is 0 Å². The fourth-order valence-electron chi connectivity index (χ4n) is 0.180. The predicted molar refractivity (Wildman–Crippen MR) is 38.7 cm³/mol. The monoisotopic (exact) mass is 168 g/mol. The number of hydrogen-bond acceptors (Lipinski definition) is 4. The molecule has 0 saturated heterocycles. The Kier molecular flexibility index (Phi) is 3.96. The van der Waals surface area contributed by atoms with Gasteiger partial charge >= 0.3 is 0 Å². The van der Waals surface area contributed by atoms with E-state index in [9.17, 15) is 4.21 Å². The van der Waals surface area contributed by atoms with Crippen LogP contribution < -0.4 is 0 Å². The van der Waals surface area contributed by atoms with E-state index in [1.54, 1.807) is 0 Å². The molecule has 0 N–H and O–H groups in total. The molecule has 0 fully saturated rings. The van der Waals surface area contributed by atoms with Crippen molar-refractivity contribution in [1.82, 2.24) is 0 Å². The van der Waals surface area contributed by atoms with E-state index in [2.05, 4.69) is 26.1 Å². The van der Waals surface area contributed by atoms with Gasteiger partial charge in [0.05, 0.1) is 13.7 Å². The van der Waals surface area contributed by atoms with Crippen molar-refractivity contribution in [2.45, 2.75) is 0 Å². The fourth-order valence-corrected chi connectivity index (χ4v) is 0.705. The summed E-state index contributed by atoms with van der Waals surface area (Å²) in [5.41, 5.74) is 0. The molecule has 0 bridgehead atoms. The Morgan fingerprint density at radius 2 is 2.44 bits per heavy atom. The molecule has 0 heterocycles. The lowest BCUT2D eigenvalue weighted by Crippen LogP contribution is -2.05. The van der Waals surface area contributed by atoms with Crippen molar-refractivity contribution in [2.24, 2.45) is 0 Å². The van der Waals surface area contributed by atoms with Crippen molar-refractivity contribution in [1.29, 1.82) is 0 Å². The molecule has 0 radical (unpaired) electrons. The first-order valence-corrected chi connectivity index (χ1v) is 4.51. The van der Waals surface area contributed by atoms with Crippen LogP contribution >= 0.6 is 0 Å². The molecule has 0 rings (SSSR count). The Morgan fingerprint density at radius 1 is 1.89 bits per heavy atom. The van der Waals surface area contributed by atoms with Crippen LogP contribution in [0.4, 0.5) is 0 Å². The quantitative estimate of drug-likeness (QED) is 0.570. The zero-order chi connectivity index (χ0) is 7.33. The van der Waals surface area contributed by atoms with Crippen molar-refractivity contribution < 1.29 is 12.6 Å². The molecule has 0 aliphatic heterocycles. The van der Waals surface area contributed by atoms with Crippen LogP contribution in [0, 0.1) is 0 Å². The Bertz CT molecular complexity index is 170. The van der Waals surface area contributed by atoms with E-state index in [-0.39, 0.29) is 6.61 Å². The van der Waals surface area contributed by atoms with Gasteiger partial charge < -0.3 is 0 Å². The largest absolute Gasteiger partial charge is 0.273 e. The van der Waals surface area contributed by atoms with Gasteiger partial charge in [0.1, 0.15) is 0 Å². The Morgan fingerprint density at radius 3 is 2.78 bits per heavy atom. The molecule has 0 aromatic carbocycles. The van der Waals surface area contributed by atoms with Crippen LogP contribution in [0.15, 0.2) is 12.7 Å². The summed E-state index contributed by atoms with van der Waals surface area (Å²) in [5.74, 6) is 0. The van der Waals surface area contributed by atoms with Crippen LogP contribution in [0.25, 0.3) is 0 Å². The van der Waals surface area contributed by atoms with Gasteiger partial charge in [0.2, 0.25) is 0 Å². The van der Waals surface area contributed by atoms with Gasteiger partial charge in [-0.25, -0.2) is 0 Å². The summed E-state index contributed by atoms with van der Waals surface area (Å²) < 4.78 is 19.5. The van der Waals surface area contributed by atoms with E-state index < -0.39 is 9.05 Å². The van der Waals surface area contributed by atoms with E-state index in [0.717, 1.165) is 0 Å². The van der Waals surface area contributed by atoms with Crippen LogP contribution in [-0.4, -0.2) is 17.9 Å². The normalized spacial score (nSPS) is 16.6. The van der Waals surface area contributed by atoms with Gasteiger partial charge in [-0.15, -0.1) is 6.58 Å². The minimum atomic E-state index is -2.92. The summed E-state index contributed by atoms with van der Waals surface area (Å²) in [7, 11) is -1.69. The third kappa shape index (κ3) is 4.53. The van der Waals surface area contributed by atoms with E-state index in [1.165, 1.54) is 13.2 Å².